The van der Waals surface area contributed by atoms with Gasteiger partial charge in [0.25, 0.3) is 0 Å². The molecule has 0 fully saturated rings. The molecule has 6 nitrogen and oxygen atoms in total. The third-order valence-corrected chi connectivity index (χ3v) is 10.1. The van der Waals surface area contributed by atoms with Crippen molar-refractivity contribution >= 4 is 20.4 Å². The minimum Gasteiger partial charge on any atom is -0.467 e. The maximum absolute atomic E-state index is 12.4. The first-order valence-corrected chi connectivity index (χ1v) is 12.9. The Morgan fingerprint density at radius 1 is 1.14 bits per heavy atom. The van der Waals surface area contributed by atoms with Gasteiger partial charge < -0.3 is 19.2 Å². The summed E-state index contributed by atoms with van der Waals surface area (Å²) in [6, 6.07) is -0.773. The second-order valence-electron chi connectivity index (χ2n) is 10.2. The van der Waals surface area contributed by atoms with E-state index in [1.165, 1.54) is 7.11 Å². The lowest BCUT2D eigenvalue weighted by Gasteiger charge is -2.41. The quantitative estimate of drug-likeness (QED) is 0.398. The summed E-state index contributed by atoms with van der Waals surface area (Å²) < 4.78 is 16.8. The topological polar surface area (TPSA) is 73.9 Å². The van der Waals surface area contributed by atoms with E-state index in [2.05, 4.69) is 45.3 Å². The van der Waals surface area contributed by atoms with Crippen LogP contribution in [0.2, 0.25) is 18.1 Å². The summed E-state index contributed by atoms with van der Waals surface area (Å²) in [4.78, 5) is 24.6. The van der Waals surface area contributed by atoms with Crippen molar-refractivity contribution in [3.05, 3.63) is 11.6 Å². The van der Waals surface area contributed by atoms with Crippen molar-refractivity contribution in [2.75, 3.05) is 7.11 Å². The summed E-state index contributed by atoms with van der Waals surface area (Å²) in [5, 5.41) is 2.84. The number of hydrogen-bond acceptors (Lipinski definition) is 5. The maximum Gasteiger partial charge on any atom is 0.408 e. The number of carbonyl (C=O) groups is 2. The predicted octanol–water partition coefficient (Wildman–Crippen LogP) is 4.80. The summed E-state index contributed by atoms with van der Waals surface area (Å²) in [6.07, 6.45) is 3.06. The van der Waals surface area contributed by atoms with Gasteiger partial charge in [-0.05, 0) is 58.7 Å². The monoisotopic (exact) mass is 413 g/mol. The zero-order chi connectivity index (χ0) is 21.9. The molecule has 0 saturated carbocycles. The van der Waals surface area contributed by atoms with Crippen molar-refractivity contribution in [1.82, 2.24) is 5.32 Å². The Balaban J connectivity index is 2.94. The van der Waals surface area contributed by atoms with Crippen LogP contribution < -0.4 is 5.32 Å². The molecule has 162 valence electrons. The molecule has 1 N–H and O–H groups in total. The zero-order valence-corrected chi connectivity index (χ0v) is 20.3. The van der Waals surface area contributed by atoms with Gasteiger partial charge in [0.1, 0.15) is 11.6 Å². The predicted molar refractivity (Wildman–Crippen MR) is 114 cm³/mol. The van der Waals surface area contributed by atoms with Gasteiger partial charge in [0.15, 0.2) is 8.32 Å². The van der Waals surface area contributed by atoms with E-state index in [9.17, 15) is 9.59 Å². The Morgan fingerprint density at radius 2 is 1.71 bits per heavy atom. The van der Waals surface area contributed by atoms with Crippen LogP contribution in [0.15, 0.2) is 11.6 Å². The van der Waals surface area contributed by atoms with Crippen LogP contribution in [0.3, 0.4) is 0 Å². The highest BCUT2D eigenvalue weighted by Crippen LogP contribution is 2.39. The van der Waals surface area contributed by atoms with Gasteiger partial charge in [-0.1, -0.05) is 32.4 Å². The van der Waals surface area contributed by atoms with Crippen LogP contribution in [0.5, 0.6) is 0 Å². The van der Waals surface area contributed by atoms with E-state index in [0.29, 0.717) is 0 Å². The van der Waals surface area contributed by atoms with Gasteiger partial charge in [-0.2, -0.15) is 0 Å². The largest absolute Gasteiger partial charge is 0.467 e. The van der Waals surface area contributed by atoms with Crippen LogP contribution in [0.25, 0.3) is 0 Å². The third kappa shape index (κ3) is 6.92. The molecule has 0 heterocycles. The lowest BCUT2D eigenvalue weighted by Crippen LogP contribution is -2.50. The van der Waals surface area contributed by atoms with Gasteiger partial charge in [0.05, 0.1) is 13.2 Å². The van der Waals surface area contributed by atoms with Crippen LogP contribution in [0.1, 0.15) is 61.3 Å². The van der Waals surface area contributed by atoms with E-state index in [0.717, 1.165) is 18.4 Å². The smallest absolute Gasteiger partial charge is 0.408 e. The Kier molecular flexibility index (Phi) is 7.93. The van der Waals surface area contributed by atoms with E-state index >= 15 is 0 Å². The van der Waals surface area contributed by atoms with E-state index in [1.807, 2.05) is 6.92 Å². The zero-order valence-electron chi connectivity index (χ0n) is 19.3. The molecule has 0 spiro atoms. The second-order valence-corrected chi connectivity index (χ2v) is 14.9. The maximum atomic E-state index is 12.4. The first-order chi connectivity index (χ1) is 12.6. The van der Waals surface area contributed by atoms with Gasteiger partial charge in [0.2, 0.25) is 0 Å². The minimum atomic E-state index is -1.88. The van der Waals surface area contributed by atoms with Gasteiger partial charge in [-0.3, -0.25) is 0 Å². The Labute approximate surface area is 171 Å². The molecule has 0 aliphatic heterocycles. The molecule has 1 amide bonds. The highest BCUT2D eigenvalue weighted by molar-refractivity contribution is 6.74. The van der Waals surface area contributed by atoms with Crippen molar-refractivity contribution in [3.8, 4) is 0 Å². The van der Waals surface area contributed by atoms with Gasteiger partial charge in [-0.25, -0.2) is 9.59 Å². The van der Waals surface area contributed by atoms with E-state index in [-0.39, 0.29) is 17.1 Å². The number of rotatable bonds is 5. The Hall–Kier alpha value is -1.34. The molecule has 3 atom stereocenters. The number of hydrogen-bond donors (Lipinski definition) is 1. The molecule has 0 radical (unpaired) electrons. The minimum absolute atomic E-state index is 0.0389. The highest BCUT2D eigenvalue weighted by atomic mass is 28.4. The average Bonchev–Trinajstić information content (AvgIpc) is 2.49. The van der Waals surface area contributed by atoms with Gasteiger partial charge in [-0.15, -0.1) is 0 Å². The number of methoxy groups -OCH3 is 1. The summed E-state index contributed by atoms with van der Waals surface area (Å²) in [6.45, 7) is 18.5. The van der Waals surface area contributed by atoms with Crippen molar-refractivity contribution < 1.29 is 23.5 Å². The number of alkyl carbamates (subject to hydrolysis) is 1. The van der Waals surface area contributed by atoms with Gasteiger partial charge in [0, 0.05) is 5.92 Å². The lowest BCUT2D eigenvalue weighted by atomic mass is 9.82. The van der Waals surface area contributed by atoms with Crippen molar-refractivity contribution in [2.45, 2.75) is 97.2 Å². The molecule has 1 aliphatic carbocycles. The van der Waals surface area contributed by atoms with E-state index < -0.39 is 32.0 Å². The molecule has 1 aliphatic rings. The van der Waals surface area contributed by atoms with Crippen LogP contribution in [0, 0.1) is 5.92 Å². The highest BCUT2D eigenvalue weighted by Gasteiger charge is 2.41. The fourth-order valence-electron chi connectivity index (χ4n) is 3.03. The number of amides is 1. The van der Waals surface area contributed by atoms with Crippen molar-refractivity contribution in [2.24, 2.45) is 5.92 Å². The number of esters is 1. The Morgan fingerprint density at radius 3 is 2.14 bits per heavy atom. The number of ether oxygens (including phenoxy) is 2. The van der Waals surface area contributed by atoms with Crippen LogP contribution >= 0.6 is 0 Å². The summed E-state index contributed by atoms with van der Waals surface area (Å²) in [7, 11) is -0.548. The van der Waals surface area contributed by atoms with Crippen LogP contribution in [-0.4, -0.2) is 45.2 Å². The molecular formula is C21H39NO5Si. The first-order valence-electron chi connectivity index (χ1n) is 10.0. The molecule has 0 aromatic heterocycles. The molecule has 0 bridgehead atoms. The number of carbonyl (C=O) groups excluding carboxylic acids is 2. The molecular weight excluding hydrogens is 374 g/mol. The van der Waals surface area contributed by atoms with Crippen molar-refractivity contribution in [1.29, 1.82) is 0 Å². The summed E-state index contributed by atoms with van der Waals surface area (Å²) >= 11 is 0. The van der Waals surface area contributed by atoms with E-state index in [4.69, 9.17) is 13.9 Å². The van der Waals surface area contributed by atoms with Crippen LogP contribution in [0.4, 0.5) is 4.79 Å². The molecule has 7 heteroatoms. The van der Waals surface area contributed by atoms with Gasteiger partial charge >= 0.3 is 12.1 Å². The molecule has 0 saturated heterocycles. The normalized spacial score (nSPS) is 22.1. The SMILES string of the molecule is COC(=O)[C@@H](NC(=O)OC(C)(C)C)[C@@H]1CC[C@H](O[Si](C)(C)C(C)(C)C)C=C1C. The van der Waals surface area contributed by atoms with Crippen LogP contribution in [-0.2, 0) is 18.7 Å². The average molecular weight is 414 g/mol. The lowest BCUT2D eigenvalue weighted by molar-refractivity contribution is -0.144. The number of nitrogens with one attached hydrogen (secondary N) is 1. The first kappa shape index (κ1) is 24.7. The summed E-state index contributed by atoms with van der Waals surface area (Å²) in [5.41, 5.74) is 0.394. The Bertz CT molecular complexity index is 601. The molecule has 28 heavy (non-hydrogen) atoms. The second kappa shape index (κ2) is 8.99. The third-order valence-electron chi connectivity index (χ3n) is 5.58. The molecule has 0 aromatic carbocycles. The summed E-state index contributed by atoms with van der Waals surface area (Å²) in [5.74, 6) is -0.605. The standard InChI is InChI=1S/C21H39NO5Si/c1-14-13-15(27-28(9,10)21(5,6)7)11-12-16(14)17(18(23)25-8)22-19(24)26-20(2,3)4/h13,15-17H,11-12H2,1-10H3,(H,22,24)/t15-,16+,17-/m0/s1. The molecule has 0 unspecified atom stereocenters. The van der Waals surface area contributed by atoms with Crippen molar-refractivity contribution in [3.63, 3.8) is 0 Å². The molecule has 0 aromatic rings. The van der Waals surface area contributed by atoms with E-state index in [1.54, 1.807) is 20.8 Å². The fourth-order valence-corrected chi connectivity index (χ4v) is 4.33. The fraction of sp³-hybridized carbons (Fsp3) is 0.810. The molecule has 1 rings (SSSR count).